The second kappa shape index (κ2) is 85.9. The zero-order chi connectivity index (χ0) is 81.0. The van der Waals surface area contributed by atoms with Crippen LogP contribution in [0, 0.1) is 0 Å². The fraction of sp³-hybridized carbons (Fsp3) is 0.957. The quantitative estimate of drug-likeness (QED) is 0.0222. The molecule has 0 bridgehead atoms. The third kappa shape index (κ3) is 85.8. The zero-order valence-corrected chi connectivity index (χ0v) is 74.7. The first-order valence-electron chi connectivity index (χ1n) is 47.8. The molecule has 111 heavy (non-hydrogen) atoms. The number of rotatable bonds is 93. The number of phosphoric ester groups is 2. The third-order valence-corrected chi connectivity index (χ3v) is 23.8. The Morgan fingerprint density at radius 3 is 0.532 bits per heavy atom. The van der Waals surface area contributed by atoms with Crippen molar-refractivity contribution in [1.29, 1.82) is 0 Å². The van der Waals surface area contributed by atoms with E-state index < -0.39 is 97.5 Å². The summed E-state index contributed by atoms with van der Waals surface area (Å²) >= 11 is 0. The fourth-order valence-electron chi connectivity index (χ4n) is 14.6. The SMILES string of the molecule is CCCCCCCCCCCCCCCCCCCCCCCCC(=O)O[C@H](COC(=O)CCCCCCCCCCCCCCCCCCCCCC)COP(=O)(O)OC[C@@H](O)COP(=O)(O)OC[C@@H](COC(=O)CCCCCCCCCCCCC)OC(=O)CCCCCCCCCCCCCCCCCCCC. The highest BCUT2D eigenvalue weighted by molar-refractivity contribution is 7.47. The van der Waals surface area contributed by atoms with Gasteiger partial charge in [0.25, 0.3) is 0 Å². The van der Waals surface area contributed by atoms with Gasteiger partial charge in [0, 0.05) is 25.7 Å². The van der Waals surface area contributed by atoms with Crippen molar-refractivity contribution < 1.29 is 80.2 Å². The monoisotopic (exact) mass is 1620 g/mol. The molecule has 19 heteroatoms. The Morgan fingerprint density at radius 2 is 0.360 bits per heavy atom. The standard InChI is InChI=1S/C92H180O17P2/c1-5-9-13-17-21-25-29-32-35-38-41-43-44-46-49-52-55-59-63-67-71-75-79-92(97)109-88(83-103-90(95)77-73-69-65-61-57-53-50-48-45-42-39-36-33-30-26-22-18-14-10-6-2)85-107-111(100,101)105-81-86(93)80-104-110(98,99)106-84-87(82-102-89(94)76-72-68-64-60-56-28-24-20-16-12-8-4)108-91(96)78-74-70-66-62-58-54-51-47-40-37-34-31-27-23-19-15-11-7-3/h86-88,93H,5-85H2,1-4H3,(H,98,99)(H,100,101)/t86-,87+,88+/m0/s1. The van der Waals surface area contributed by atoms with Crippen molar-refractivity contribution >= 4 is 39.5 Å². The summed E-state index contributed by atoms with van der Waals surface area (Å²) in [5.74, 6) is -2.09. The molecule has 0 heterocycles. The molecule has 660 valence electrons. The van der Waals surface area contributed by atoms with Gasteiger partial charge in [-0.3, -0.25) is 37.3 Å². The first-order chi connectivity index (χ1) is 54.2. The van der Waals surface area contributed by atoms with Gasteiger partial charge in [-0.25, -0.2) is 9.13 Å². The van der Waals surface area contributed by atoms with E-state index in [2.05, 4.69) is 27.7 Å². The average molecular weight is 1620 g/mol. The number of aliphatic hydroxyl groups excluding tert-OH is 1. The summed E-state index contributed by atoms with van der Waals surface area (Å²) in [5.41, 5.74) is 0. The van der Waals surface area contributed by atoms with Crippen molar-refractivity contribution in [2.24, 2.45) is 0 Å². The summed E-state index contributed by atoms with van der Waals surface area (Å²) in [7, 11) is -9.93. The molecule has 0 aliphatic rings. The van der Waals surface area contributed by atoms with Gasteiger partial charge in [0.1, 0.15) is 19.3 Å². The molecule has 0 aromatic carbocycles. The van der Waals surface area contributed by atoms with Gasteiger partial charge in [-0.1, -0.05) is 458 Å². The predicted octanol–water partition coefficient (Wildman–Crippen LogP) is 28.9. The van der Waals surface area contributed by atoms with Gasteiger partial charge < -0.3 is 33.8 Å². The van der Waals surface area contributed by atoms with Crippen molar-refractivity contribution in [3.8, 4) is 0 Å². The van der Waals surface area contributed by atoms with Crippen LogP contribution in [-0.4, -0.2) is 96.7 Å². The number of ether oxygens (including phenoxy) is 4. The van der Waals surface area contributed by atoms with E-state index in [0.29, 0.717) is 25.7 Å². The molecule has 2 unspecified atom stereocenters. The Bertz CT molecular complexity index is 2090. The number of unbranched alkanes of at least 4 members (excludes halogenated alkanes) is 67. The van der Waals surface area contributed by atoms with Gasteiger partial charge in [-0.2, -0.15) is 0 Å². The van der Waals surface area contributed by atoms with Gasteiger partial charge in [-0.15, -0.1) is 0 Å². The van der Waals surface area contributed by atoms with Crippen molar-refractivity contribution in [2.75, 3.05) is 39.6 Å². The summed E-state index contributed by atoms with van der Waals surface area (Å²) in [6.07, 6.45) is 83.5. The predicted molar refractivity (Wildman–Crippen MR) is 460 cm³/mol. The van der Waals surface area contributed by atoms with E-state index in [1.807, 2.05) is 0 Å². The van der Waals surface area contributed by atoms with Gasteiger partial charge in [0.15, 0.2) is 12.2 Å². The van der Waals surface area contributed by atoms with Crippen LogP contribution in [0.25, 0.3) is 0 Å². The second-order valence-corrected chi connectivity index (χ2v) is 36.0. The molecule has 3 N–H and O–H groups in total. The maximum atomic E-state index is 13.2. The summed E-state index contributed by atoms with van der Waals surface area (Å²) in [6.45, 7) is 5.09. The maximum absolute atomic E-state index is 13.2. The maximum Gasteiger partial charge on any atom is 0.472 e. The number of hydrogen-bond donors (Lipinski definition) is 3. The number of aliphatic hydroxyl groups is 1. The van der Waals surface area contributed by atoms with E-state index in [1.54, 1.807) is 0 Å². The van der Waals surface area contributed by atoms with Crippen LogP contribution in [0.1, 0.15) is 509 Å². The first kappa shape index (κ1) is 109. The molecule has 0 aliphatic heterocycles. The molecule has 5 atom stereocenters. The summed E-state index contributed by atoms with van der Waals surface area (Å²) < 4.78 is 69.1. The Morgan fingerprint density at radius 1 is 0.216 bits per heavy atom. The minimum Gasteiger partial charge on any atom is -0.462 e. The van der Waals surface area contributed by atoms with Gasteiger partial charge >= 0.3 is 39.5 Å². The number of hydrogen-bond acceptors (Lipinski definition) is 15. The van der Waals surface area contributed by atoms with Crippen molar-refractivity contribution in [3.63, 3.8) is 0 Å². The molecule has 0 fully saturated rings. The number of carbonyl (C=O) groups is 4. The molecule has 0 saturated carbocycles. The largest absolute Gasteiger partial charge is 0.472 e. The highest BCUT2D eigenvalue weighted by atomic mass is 31.2. The molecule has 0 aromatic rings. The van der Waals surface area contributed by atoms with Crippen LogP contribution in [0.4, 0.5) is 0 Å². The van der Waals surface area contributed by atoms with Crippen molar-refractivity contribution in [3.05, 3.63) is 0 Å². The van der Waals surface area contributed by atoms with Gasteiger partial charge in [-0.05, 0) is 25.7 Å². The lowest BCUT2D eigenvalue weighted by atomic mass is 10.0. The molecular formula is C92H180O17P2. The lowest BCUT2D eigenvalue weighted by Gasteiger charge is -2.21. The highest BCUT2D eigenvalue weighted by Gasteiger charge is 2.31. The van der Waals surface area contributed by atoms with Gasteiger partial charge in [0.05, 0.1) is 26.4 Å². The lowest BCUT2D eigenvalue weighted by Crippen LogP contribution is -2.30. The second-order valence-electron chi connectivity index (χ2n) is 33.1. The van der Waals surface area contributed by atoms with Crippen LogP contribution in [0.2, 0.25) is 0 Å². The normalized spacial score (nSPS) is 13.6. The minimum atomic E-state index is -4.97. The first-order valence-corrected chi connectivity index (χ1v) is 50.8. The van der Waals surface area contributed by atoms with Crippen molar-refractivity contribution in [1.82, 2.24) is 0 Å². The average Bonchev–Trinajstić information content (AvgIpc) is 0.898. The molecule has 0 rings (SSSR count). The molecular weight excluding hydrogens is 1440 g/mol. The van der Waals surface area contributed by atoms with E-state index in [-0.39, 0.29) is 25.7 Å². The number of carbonyl (C=O) groups excluding carboxylic acids is 4. The van der Waals surface area contributed by atoms with Crippen molar-refractivity contribution in [2.45, 2.75) is 528 Å². The number of esters is 4. The van der Waals surface area contributed by atoms with Gasteiger partial charge in [0.2, 0.25) is 0 Å². The molecule has 0 saturated heterocycles. The van der Waals surface area contributed by atoms with E-state index in [9.17, 15) is 43.2 Å². The van der Waals surface area contributed by atoms with Crippen LogP contribution in [0.15, 0.2) is 0 Å². The van der Waals surface area contributed by atoms with E-state index in [4.69, 9.17) is 37.0 Å². The topological polar surface area (TPSA) is 237 Å². The molecule has 0 aromatic heterocycles. The molecule has 0 aliphatic carbocycles. The van der Waals surface area contributed by atoms with E-state index in [0.717, 1.165) is 89.9 Å². The van der Waals surface area contributed by atoms with Crippen LogP contribution in [-0.2, 0) is 65.4 Å². The van der Waals surface area contributed by atoms with Crippen LogP contribution < -0.4 is 0 Å². The van der Waals surface area contributed by atoms with E-state index in [1.165, 1.54) is 340 Å². The fourth-order valence-corrected chi connectivity index (χ4v) is 16.2. The third-order valence-electron chi connectivity index (χ3n) is 21.9. The molecule has 0 spiro atoms. The zero-order valence-electron chi connectivity index (χ0n) is 73.0. The Balaban J connectivity index is 5.22. The summed E-state index contributed by atoms with van der Waals surface area (Å²) in [5, 5.41) is 10.7. The lowest BCUT2D eigenvalue weighted by molar-refractivity contribution is -0.161. The molecule has 0 amide bonds. The smallest absolute Gasteiger partial charge is 0.462 e. The van der Waals surface area contributed by atoms with E-state index >= 15 is 0 Å². The number of phosphoric acid groups is 2. The Hall–Kier alpha value is -1.94. The van der Waals surface area contributed by atoms with Crippen LogP contribution in [0.5, 0.6) is 0 Å². The Labute approximate surface area is 683 Å². The van der Waals surface area contributed by atoms with Crippen LogP contribution in [0.3, 0.4) is 0 Å². The Kier molecular flexibility index (Phi) is 84.4. The van der Waals surface area contributed by atoms with Crippen LogP contribution >= 0.6 is 15.6 Å². The minimum absolute atomic E-state index is 0.110. The highest BCUT2D eigenvalue weighted by Crippen LogP contribution is 2.45. The molecule has 0 radical (unpaired) electrons. The summed E-state index contributed by atoms with van der Waals surface area (Å²) in [6, 6.07) is 0. The summed E-state index contributed by atoms with van der Waals surface area (Å²) in [4.78, 5) is 73.4. The molecule has 17 nitrogen and oxygen atoms in total.